The zero-order valence-electron chi connectivity index (χ0n) is 20.5. The van der Waals surface area contributed by atoms with Crippen molar-refractivity contribution < 1.29 is 32.2 Å². The maximum absolute atomic E-state index is 13.9. The maximum Gasteiger partial charge on any atom is 0.408 e. The number of nitrogens with zero attached hydrogens (tertiary/aromatic N) is 4. The summed E-state index contributed by atoms with van der Waals surface area (Å²) in [5, 5.41) is 15.7. The number of pyridine rings is 2. The number of amides is 1. The number of nitrogens with one attached hydrogen (secondary N) is 2. The Balaban J connectivity index is 1.46. The predicted octanol–water partition coefficient (Wildman–Crippen LogP) is 4.95. The molecule has 38 heavy (non-hydrogen) atoms. The van der Waals surface area contributed by atoms with Gasteiger partial charge in [-0.2, -0.15) is 18.3 Å². The first kappa shape index (κ1) is 27.0. The van der Waals surface area contributed by atoms with Crippen LogP contribution in [0.15, 0.2) is 47.7 Å². The number of hydrogen-bond acceptors (Lipinski definition) is 7. The van der Waals surface area contributed by atoms with Crippen LogP contribution in [0.25, 0.3) is 10.9 Å². The zero-order chi connectivity index (χ0) is 27.4. The summed E-state index contributed by atoms with van der Waals surface area (Å²) in [6.07, 6.45) is -3.23. The molecule has 1 amide bonds. The number of rotatable bonds is 8. The third-order valence-corrected chi connectivity index (χ3v) is 5.81. The minimum atomic E-state index is -4.57. The molecular weight excluding hydrogens is 508 g/mol. The molecular formula is C25H26F4N6O3. The van der Waals surface area contributed by atoms with Gasteiger partial charge in [0.15, 0.2) is 0 Å². The fourth-order valence-corrected chi connectivity index (χ4v) is 4.32. The van der Waals surface area contributed by atoms with Crippen molar-refractivity contribution in [1.82, 2.24) is 20.2 Å². The monoisotopic (exact) mass is 534 g/mol. The molecule has 1 fully saturated rings. The van der Waals surface area contributed by atoms with E-state index in [9.17, 15) is 22.4 Å². The normalized spacial score (nSPS) is 17.3. The highest BCUT2D eigenvalue weighted by molar-refractivity contribution is 5.89. The first-order valence-electron chi connectivity index (χ1n) is 11.8. The van der Waals surface area contributed by atoms with E-state index in [0.29, 0.717) is 22.3 Å². The van der Waals surface area contributed by atoms with Crippen LogP contribution in [-0.4, -0.2) is 63.7 Å². The zero-order valence-corrected chi connectivity index (χ0v) is 20.5. The Morgan fingerprint density at radius 2 is 2.05 bits per heavy atom. The Bertz CT molecular complexity index is 1320. The molecule has 2 aromatic heterocycles. The van der Waals surface area contributed by atoms with Gasteiger partial charge in [0.05, 0.1) is 18.0 Å². The largest absolute Gasteiger partial charge is 0.489 e. The van der Waals surface area contributed by atoms with Crippen LogP contribution in [-0.2, 0) is 0 Å². The van der Waals surface area contributed by atoms with Crippen molar-refractivity contribution in [3.63, 3.8) is 0 Å². The molecule has 202 valence electrons. The van der Waals surface area contributed by atoms with E-state index < -0.39 is 30.2 Å². The molecule has 4 rings (SSSR count). The Morgan fingerprint density at radius 3 is 2.71 bits per heavy atom. The molecule has 13 heteroatoms. The molecule has 0 spiro atoms. The predicted molar refractivity (Wildman–Crippen MR) is 133 cm³/mol. The summed E-state index contributed by atoms with van der Waals surface area (Å²) in [6.45, 7) is 3.67. The maximum atomic E-state index is 13.9. The lowest BCUT2D eigenvalue weighted by atomic mass is 10.1. The van der Waals surface area contributed by atoms with Crippen LogP contribution in [0.5, 0.6) is 5.75 Å². The fourth-order valence-electron chi connectivity index (χ4n) is 4.32. The van der Waals surface area contributed by atoms with Crippen LogP contribution in [0.4, 0.5) is 28.2 Å². The summed E-state index contributed by atoms with van der Waals surface area (Å²) in [6, 6.07) is 6.12. The quantitative estimate of drug-likeness (QED) is 0.213. The van der Waals surface area contributed by atoms with Crippen molar-refractivity contribution in [2.45, 2.75) is 44.6 Å². The average Bonchev–Trinajstić information content (AvgIpc) is 3.26. The summed E-state index contributed by atoms with van der Waals surface area (Å²) < 4.78 is 61.2. The molecule has 9 nitrogen and oxygen atoms in total. The molecule has 1 aliphatic rings. The van der Waals surface area contributed by atoms with Crippen LogP contribution < -0.4 is 15.5 Å². The highest BCUT2D eigenvalue weighted by Gasteiger charge is 2.47. The van der Waals surface area contributed by atoms with Crippen molar-refractivity contribution in [3.05, 3.63) is 59.7 Å². The number of alkyl halides is 3. The highest BCUT2D eigenvalue weighted by atomic mass is 19.4. The molecule has 3 heterocycles. The second kappa shape index (κ2) is 11.2. The molecule has 0 bridgehead atoms. The minimum Gasteiger partial charge on any atom is -0.489 e. The topological polar surface area (TPSA) is 112 Å². The third-order valence-electron chi connectivity index (χ3n) is 5.81. The summed E-state index contributed by atoms with van der Waals surface area (Å²) in [5.74, 6) is 0.0731. The standard InChI is InChI=1S/C25H26F4N6O3/c1-14(2)38-20-10-17(26)9-15-3-5-18(32-22(15)20)12-31-34-21-6-4-16(11-30-21)23(25(27,28)29)35-8-7-19(13-35)33-24(36)37/h3-6,9-12,14,19,23,33H,7-8,13H2,1-2H3,(H,30,34)(H,36,37)/t19-,23+/m0/s1. The summed E-state index contributed by atoms with van der Waals surface area (Å²) in [4.78, 5) is 20.5. The van der Waals surface area contributed by atoms with Gasteiger partial charge in [0, 0.05) is 36.8 Å². The molecule has 3 aromatic rings. The highest BCUT2D eigenvalue weighted by Crippen LogP contribution is 2.39. The van der Waals surface area contributed by atoms with E-state index in [1.54, 1.807) is 12.1 Å². The van der Waals surface area contributed by atoms with Gasteiger partial charge in [-0.1, -0.05) is 12.1 Å². The minimum absolute atomic E-state index is 0.0594. The molecule has 0 radical (unpaired) electrons. The molecule has 1 aromatic carbocycles. The molecule has 0 aliphatic carbocycles. The second-order valence-electron chi connectivity index (χ2n) is 9.10. The third kappa shape index (κ3) is 6.65. The number of ether oxygens (including phenoxy) is 1. The van der Waals surface area contributed by atoms with E-state index in [2.05, 4.69) is 25.8 Å². The Labute approximate surface area is 215 Å². The van der Waals surface area contributed by atoms with Crippen LogP contribution in [0.2, 0.25) is 0 Å². The molecule has 2 atom stereocenters. The van der Waals surface area contributed by atoms with E-state index in [4.69, 9.17) is 9.84 Å². The number of benzene rings is 1. The van der Waals surface area contributed by atoms with E-state index in [1.165, 1.54) is 35.4 Å². The molecule has 3 N–H and O–H groups in total. The van der Waals surface area contributed by atoms with Gasteiger partial charge < -0.3 is 15.2 Å². The lowest BCUT2D eigenvalue weighted by molar-refractivity contribution is -0.183. The number of carbonyl (C=O) groups is 1. The molecule has 1 aliphatic heterocycles. The van der Waals surface area contributed by atoms with Gasteiger partial charge in [0.25, 0.3) is 0 Å². The fraction of sp³-hybridized carbons (Fsp3) is 0.360. The Morgan fingerprint density at radius 1 is 1.26 bits per heavy atom. The number of hydrazone groups is 1. The van der Waals surface area contributed by atoms with Crippen molar-refractivity contribution in [2.24, 2.45) is 5.10 Å². The number of hydrogen-bond donors (Lipinski definition) is 3. The van der Waals surface area contributed by atoms with Crippen molar-refractivity contribution in [2.75, 3.05) is 18.5 Å². The number of likely N-dealkylation sites (tertiary alicyclic amines) is 1. The van der Waals surface area contributed by atoms with Crippen LogP contribution in [0, 0.1) is 5.82 Å². The van der Waals surface area contributed by atoms with E-state index in [0.717, 1.165) is 6.20 Å². The van der Waals surface area contributed by atoms with Crippen molar-refractivity contribution >= 4 is 29.0 Å². The lowest BCUT2D eigenvalue weighted by Crippen LogP contribution is -2.40. The molecule has 0 unspecified atom stereocenters. The van der Waals surface area contributed by atoms with Gasteiger partial charge in [-0.3, -0.25) is 10.3 Å². The molecule has 1 saturated heterocycles. The Hall–Kier alpha value is -4.00. The van der Waals surface area contributed by atoms with Gasteiger partial charge in [0.2, 0.25) is 0 Å². The summed E-state index contributed by atoms with van der Waals surface area (Å²) in [5.41, 5.74) is 3.50. The van der Waals surface area contributed by atoms with E-state index in [1.807, 2.05) is 13.8 Å². The average molecular weight is 535 g/mol. The number of halogens is 4. The van der Waals surface area contributed by atoms with Gasteiger partial charge in [-0.05, 0) is 44.0 Å². The number of anilines is 1. The number of carboxylic acid groups (broad SMARTS) is 1. The first-order chi connectivity index (χ1) is 18.0. The van der Waals surface area contributed by atoms with E-state index in [-0.39, 0.29) is 37.0 Å². The first-order valence-corrected chi connectivity index (χ1v) is 11.8. The van der Waals surface area contributed by atoms with Gasteiger partial charge in [-0.15, -0.1) is 0 Å². The van der Waals surface area contributed by atoms with Crippen LogP contribution >= 0.6 is 0 Å². The second-order valence-corrected chi connectivity index (χ2v) is 9.10. The lowest BCUT2D eigenvalue weighted by Gasteiger charge is -2.30. The molecule has 0 saturated carbocycles. The summed E-state index contributed by atoms with van der Waals surface area (Å²) in [7, 11) is 0. The van der Waals surface area contributed by atoms with Crippen LogP contribution in [0.3, 0.4) is 0 Å². The van der Waals surface area contributed by atoms with Gasteiger partial charge in [-0.25, -0.2) is 19.2 Å². The van der Waals surface area contributed by atoms with Crippen molar-refractivity contribution in [3.8, 4) is 5.75 Å². The number of fused-ring (bicyclic) bond motifs is 1. The van der Waals surface area contributed by atoms with Crippen molar-refractivity contribution in [1.29, 1.82) is 0 Å². The van der Waals surface area contributed by atoms with Crippen LogP contribution in [0.1, 0.15) is 37.6 Å². The smallest absolute Gasteiger partial charge is 0.408 e. The van der Waals surface area contributed by atoms with Gasteiger partial charge >= 0.3 is 12.3 Å². The summed E-state index contributed by atoms with van der Waals surface area (Å²) >= 11 is 0. The van der Waals surface area contributed by atoms with Gasteiger partial charge in [0.1, 0.15) is 28.9 Å². The van der Waals surface area contributed by atoms with E-state index >= 15 is 0 Å². The SMILES string of the molecule is CC(C)Oc1cc(F)cc2ccc(C=NNc3ccc([C@@H](N4CC[C@H](NC(=O)O)C4)C(F)(F)F)cn3)nc12. The Kier molecular flexibility index (Phi) is 7.95. The number of aromatic nitrogens is 2.